The fourth-order valence-electron chi connectivity index (χ4n) is 3.98. The van der Waals surface area contributed by atoms with Crippen LogP contribution in [0.5, 0.6) is 0 Å². The van der Waals surface area contributed by atoms with Gasteiger partial charge in [-0.05, 0) is 44.0 Å². The number of hydrogen-bond acceptors (Lipinski definition) is 4. The smallest absolute Gasteiger partial charge is 0.323 e. The quantitative estimate of drug-likeness (QED) is 0.372. The summed E-state index contributed by atoms with van der Waals surface area (Å²) in [6.07, 6.45) is 10.8. The number of carbonyl (C=O) groups is 2. The van der Waals surface area contributed by atoms with Crippen LogP contribution in [0.4, 0.5) is 4.79 Å². The third-order valence-corrected chi connectivity index (χ3v) is 7.46. The Morgan fingerprint density at radius 1 is 0.947 bits per heavy atom. The van der Waals surface area contributed by atoms with Crippen molar-refractivity contribution in [1.29, 1.82) is 0 Å². The monoisotopic (exact) mass is 538 g/mol. The predicted octanol–water partition coefficient (Wildman–Crippen LogP) is 6.61. The van der Waals surface area contributed by atoms with Crippen LogP contribution in [0.3, 0.4) is 0 Å². The van der Waals surface area contributed by atoms with Gasteiger partial charge in [0.25, 0.3) is 0 Å². The van der Waals surface area contributed by atoms with Crippen molar-refractivity contribution < 1.29 is 18.0 Å². The van der Waals surface area contributed by atoms with Gasteiger partial charge in [-0.1, -0.05) is 93.3 Å². The standard InChI is InChI=1S/C22H26N2O4S.C7H10.C2H6/c1-15-16(2)24(22(26)23(15)3)21(25)14-20(17-8-6-5-7-9-17)18-10-12-19(13-11-18)29(4,27)28;1-3-5-7-6-4-2;1-2/h5-13,15-16,20H,14H2,1-4H3;3-7H,1H2,2H3;1-2H3/b;6-4-,7-5-;/t15?,16?,20-;;/m0../s1. The number of hydrogen-bond donors (Lipinski definition) is 0. The van der Waals surface area contributed by atoms with E-state index < -0.39 is 9.84 Å². The van der Waals surface area contributed by atoms with Crippen LogP contribution in [0.2, 0.25) is 0 Å². The molecule has 1 heterocycles. The van der Waals surface area contributed by atoms with Gasteiger partial charge >= 0.3 is 6.03 Å². The molecule has 0 bridgehead atoms. The minimum atomic E-state index is -3.30. The van der Waals surface area contributed by atoms with E-state index in [1.54, 1.807) is 42.3 Å². The van der Waals surface area contributed by atoms with Gasteiger partial charge in [0.15, 0.2) is 9.84 Å². The Kier molecular flexibility index (Phi) is 13.5. The number of benzene rings is 2. The highest BCUT2D eigenvalue weighted by Crippen LogP contribution is 2.31. The van der Waals surface area contributed by atoms with E-state index in [1.165, 1.54) is 4.90 Å². The molecular formula is C31H42N2O4S. The third kappa shape index (κ3) is 8.84. The first kappa shape index (κ1) is 32.6. The maximum Gasteiger partial charge on any atom is 0.327 e. The summed E-state index contributed by atoms with van der Waals surface area (Å²) in [7, 11) is -1.59. The summed E-state index contributed by atoms with van der Waals surface area (Å²) in [5.41, 5.74) is 1.77. The molecule has 0 aliphatic carbocycles. The molecule has 1 saturated heterocycles. The second kappa shape index (κ2) is 15.7. The van der Waals surface area contributed by atoms with Gasteiger partial charge < -0.3 is 4.90 Å². The molecule has 7 heteroatoms. The highest BCUT2D eigenvalue weighted by atomic mass is 32.2. The summed E-state index contributed by atoms with van der Waals surface area (Å²) in [5, 5.41) is 0. The highest BCUT2D eigenvalue weighted by molar-refractivity contribution is 7.90. The number of rotatable bonds is 7. The lowest BCUT2D eigenvalue weighted by molar-refractivity contribution is -0.129. The van der Waals surface area contributed by atoms with E-state index in [0.29, 0.717) is 0 Å². The van der Waals surface area contributed by atoms with Crippen LogP contribution in [-0.2, 0) is 14.6 Å². The van der Waals surface area contributed by atoms with Crippen LogP contribution in [-0.4, -0.2) is 55.5 Å². The molecule has 2 unspecified atom stereocenters. The lowest BCUT2D eigenvalue weighted by atomic mass is 9.88. The molecule has 0 spiro atoms. The van der Waals surface area contributed by atoms with Crippen molar-refractivity contribution in [2.45, 2.75) is 63.9 Å². The van der Waals surface area contributed by atoms with E-state index in [4.69, 9.17) is 0 Å². The van der Waals surface area contributed by atoms with Gasteiger partial charge in [0.05, 0.1) is 17.0 Å². The van der Waals surface area contributed by atoms with Crippen LogP contribution in [0.25, 0.3) is 0 Å². The second-order valence-electron chi connectivity index (χ2n) is 8.79. The molecule has 3 rings (SSSR count). The zero-order chi connectivity index (χ0) is 28.9. The van der Waals surface area contributed by atoms with E-state index in [1.807, 2.05) is 89.3 Å². The van der Waals surface area contributed by atoms with Crippen molar-refractivity contribution in [1.82, 2.24) is 9.80 Å². The molecule has 1 aliphatic heterocycles. The first-order valence-corrected chi connectivity index (χ1v) is 14.8. The number of imide groups is 1. The number of carbonyl (C=O) groups excluding carboxylic acids is 2. The number of allylic oxidation sites excluding steroid dienone is 5. The minimum absolute atomic E-state index is 0.0457. The molecule has 3 atom stereocenters. The van der Waals surface area contributed by atoms with Crippen molar-refractivity contribution >= 4 is 21.8 Å². The molecule has 0 N–H and O–H groups in total. The molecule has 38 heavy (non-hydrogen) atoms. The van der Waals surface area contributed by atoms with Crippen molar-refractivity contribution in [3.63, 3.8) is 0 Å². The lowest BCUT2D eigenvalue weighted by Crippen LogP contribution is -2.39. The summed E-state index contributed by atoms with van der Waals surface area (Å²) >= 11 is 0. The fraction of sp³-hybridized carbons (Fsp3) is 0.355. The van der Waals surface area contributed by atoms with E-state index in [0.717, 1.165) is 17.4 Å². The molecule has 2 aromatic carbocycles. The molecule has 0 saturated carbocycles. The first-order valence-electron chi connectivity index (χ1n) is 12.9. The number of nitrogens with zero attached hydrogens (tertiary/aromatic N) is 2. The normalized spacial score (nSPS) is 18.0. The van der Waals surface area contributed by atoms with E-state index in [-0.39, 0.29) is 41.3 Å². The van der Waals surface area contributed by atoms with Crippen LogP contribution < -0.4 is 0 Å². The molecule has 206 valence electrons. The Hall–Kier alpha value is -3.45. The van der Waals surface area contributed by atoms with Gasteiger partial charge in [-0.25, -0.2) is 13.2 Å². The Morgan fingerprint density at radius 2 is 1.50 bits per heavy atom. The van der Waals surface area contributed by atoms with Crippen molar-refractivity contribution in [2.24, 2.45) is 0 Å². The number of sulfone groups is 1. The molecule has 3 amide bonds. The van der Waals surface area contributed by atoms with Crippen LogP contribution in [0.1, 0.15) is 58.1 Å². The first-order chi connectivity index (χ1) is 18.0. The molecule has 2 aromatic rings. The van der Waals surface area contributed by atoms with Crippen molar-refractivity contribution in [2.75, 3.05) is 13.3 Å². The predicted molar refractivity (Wildman–Crippen MR) is 157 cm³/mol. The SMILES string of the molecule is C=C/C=C\C=C/C.CC.CC1C(C)N(C(=O)C[C@@H](c2ccccc2)c2ccc(S(C)(=O)=O)cc2)C(=O)N1C. The van der Waals surface area contributed by atoms with Gasteiger partial charge in [0.1, 0.15) is 0 Å². The van der Waals surface area contributed by atoms with Gasteiger partial charge in [-0.3, -0.25) is 9.69 Å². The van der Waals surface area contributed by atoms with Gasteiger partial charge in [-0.15, -0.1) is 0 Å². The maximum atomic E-state index is 13.1. The Balaban J connectivity index is 0.000000696. The van der Waals surface area contributed by atoms with E-state index >= 15 is 0 Å². The molecule has 6 nitrogen and oxygen atoms in total. The lowest BCUT2D eigenvalue weighted by Gasteiger charge is -2.23. The summed E-state index contributed by atoms with van der Waals surface area (Å²) in [5.74, 6) is -0.515. The largest absolute Gasteiger partial charge is 0.327 e. The Bertz CT molecular complexity index is 1200. The average Bonchev–Trinajstić information content (AvgIpc) is 3.11. The molecular weight excluding hydrogens is 496 g/mol. The number of likely N-dealkylation sites (N-methyl/N-ethyl adjacent to an activating group) is 1. The van der Waals surface area contributed by atoms with Crippen LogP contribution >= 0.6 is 0 Å². The maximum absolute atomic E-state index is 13.1. The zero-order valence-electron chi connectivity index (χ0n) is 23.7. The topological polar surface area (TPSA) is 74.8 Å². The third-order valence-electron chi connectivity index (χ3n) is 6.33. The molecule has 1 aliphatic rings. The van der Waals surface area contributed by atoms with Gasteiger partial charge in [-0.2, -0.15) is 0 Å². The molecule has 0 radical (unpaired) electrons. The van der Waals surface area contributed by atoms with Crippen molar-refractivity contribution in [3.05, 3.63) is 103 Å². The highest BCUT2D eigenvalue weighted by Gasteiger charge is 2.42. The summed E-state index contributed by atoms with van der Waals surface area (Å²) < 4.78 is 23.5. The summed E-state index contributed by atoms with van der Waals surface area (Å²) in [6, 6.07) is 15.6. The van der Waals surface area contributed by atoms with E-state index in [2.05, 4.69) is 6.58 Å². The summed E-state index contributed by atoms with van der Waals surface area (Å²) in [6.45, 7) is 13.3. The van der Waals surface area contributed by atoms with Gasteiger partial charge in [0, 0.05) is 25.6 Å². The number of urea groups is 1. The van der Waals surface area contributed by atoms with Crippen LogP contribution in [0, 0.1) is 0 Å². The second-order valence-corrected chi connectivity index (χ2v) is 10.8. The molecule has 1 fully saturated rings. The fourth-order valence-corrected chi connectivity index (χ4v) is 4.61. The molecule has 0 aromatic heterocycles. The summed E-state index contributed by atoms with van der Waals surface area (Å²) in [4.78, 5) is 28.8. The van der Waals surface area contributed by atoms with E-state index in [9.17, 15) is 18.0 Å². The van der Waals surface area contributed by atoms with Crippen molar-refractivity contribution in [3.8, 4) is 0 Å². The van der Waals surface area contributed by atoms with Gasteiger partial charge in [0.2, 0.25) is 5.91 Å². The Labute approximate surface area is 229 Å². The average molecular weight is 539 g/mol. The number of amides is 3. The Morgan fingerprint density at radius 3 is 1.95 bits per heavy atom. The van der Waals surface area contributed by atoms with Crippen LogP contribution in [0.15, 0.2) is 96.5 Å². The zero-order valence-corrected chi connectivity index (χ0v) is 24.5. The minimum Gasteiger partial charge on any atom is -0.323 e.